The van der Waals surface area contributed by atoms with Crippen molar-refractivity contribution in [1.82, 2.24) is 9.80 Å². The van der Waals surface area contributed by atoms with Gasteiger partial charge in [0.05, 0.1) is 0 Å². The second-order valence-electron chi connectivity index (χ2n) is 10.6. The first-order valence-electron chi connectivity index (χ1n) is 13.3. The summed E-state index contributed by atoms with van der Waals surface area (Å²) >= 11 is 0. The number of aryl methyl sites for hydroxylation is 1. The standard InChI is InChI=1S/C32H38N2O.2ClH/c1-25-7-9-28(10-8-25)24-33-17-13-26(14-18-33)21-32(35)31-12-11-29-15-19-34(20-16-30(29)22-31)23-27-5-3-2-4-6-27;;/h2-12,22,26H,13-21,23-24H2,1H3;2*1H. The minimum Gasteiger partial charge on any atom is -0.299 e. The molecule has 2 aliphatic rings. The first-order valence-corrected chi connectivity index (χ1v) is 13.3. The van der Waals surface area contributed by atoms with Gasteiger partial charge in [-0.25, -0.2) is 0 Å². The molecule has 0 spiro atoms. The van der Waals surface area contributed by atoms with Crippen molar-refractivity contribution in [1.29, 1.82) is 0 Å². The van der Waals surface area contributed by atoms with E-state index in [1.165, 1.54) is 27.8 Å². The van der Waals surface area contributed by atoms with E-state index in [2.05, 4.69) is 89.5 Å². The van der Waals surface area contributed by atoms with Crippen molar-refractivity contribution in [3.8, 4) is 0 Å². The number of halogens is 2. The Morgan fingerprint density at radius 1 is 0.730 bits per heavy atom. The number of nitrogens with zero attached hydrogens (tertiary/aromatic N) is 2. The van der Waals surface area contributed by atoms with Crippen molar-refractivity contribution in [2.24, 2.45) is 5.92 Å². The van der Waals surface area contributed by atoms with E-state index in [9.17, 15) is 4.79 Å². The van der Waals surface area contributed by atoms with Gasteiger partial charge >= 0.3 is 0 Å². The van der Waals surface area contributed by atoms with Crippen LogP contribution in [0, 0.1) is 12.8 Å². The molecule has 0 aliphatic carbocycles. The summed E-state index contributed by atoms with van der Waals surface area (Å²) in [7, 11) is 0. The van der Waals surface area contributed by atoms with Crippen molar-refractivity contribution >= 4 is 30.6 Å². The number of carbonyl (C=O) groups excluding carboxylic acids is 1. The number of likely N-dealkylation sites (tertiary alicyclic amines) is 1. The number of hydrogen-bond donors (Lipinski definition) is 0. The predicted octanol–water partition coefficient (Wildman–Crippen LogP) is 6.92. The largest absolute Gasteiger partial charge is 0.299 e. The highest BCUT2D eigenvalue weighted by Gasteiger charge is 2.23. The van der Waals surface area contributed by atoms with Gasteiger partial charge in [0.15, 0.2) is 5.78 Å². The maximum absolute atomic E-state index is 13.2. The molecule has 2 heterocycles. The van der Waals surface area contributed by atoms with Crippen LogP contribution in [0.25, 0.3) is 0 Å². The van der Waals surface area contributed by atoms with Crippen molar-refractivity contribution in [2.45, 2.75) is 52.1 Å². The summed E-state index contributed by atoms with van der Waals surface area (Å²) in [6.07, 6.45) is 5.03. The van der Waals surface area contributed by atoms with Crippen LogP contribution in [0.15, 0.2) is 72.8 Å². The minimum atomic E-state index is 0. The van der Waals surface area contributed by atoms with E-state index in [0.717, 1.165) is 70.5 Å². The maximum atomic E-state index is 13.2. The molecule has 1 fully saturated rings. The Balaban J connectivity index is 0.00000190. The molecule has 0 atom stereocenters. The van der Waals surface area contributed by atoms with Crippen LogP contribution in [-0.4, -0.2) is 41.8 Å². The summed E-state index contributed by atoms with van der Waals surface area (Å²) in [5.41, 5.74) is 7.79. The Morgan fingerprint density at radius 2 is 1.32 bits per heavy atom. The minimum absolute atomic E-state index is 0. The van der Waals surface area contributed by atoms with E-state index in [-0.39, 0.29) is 24.8 Å². The lowest BCUT2D eigenvalue weighted by Crippen LogP contribution is -2.33. The lowest BCUT2D eigenvalue weighted by molar-refractivity contribution is 0.0925. The molecule has 5 rings (SSSR count). The highest BCUT2D eigenvalue weighted by atomic mass is 35.5. The van der Waals surface area contributed by atoms with E-state index in [1.807, 2.05) is 0 Å². The van der Waals surface area contributed by atoms with Gasteiger partial charge in [0.25, 0.3) is 0 Å². The number of rotatable bonds is 7. The van der Waals surface area contributed by atoms with E-state index in [0.29, 0.717) is 18.1 Å². The molecule has 5 heteroatoms. The van der Waals surface area contributed by atoms with Crippen molar-refractivity contribution < 1.29 is 4.79 Å². The van der Waals surface area contributed by atoms with Gasteiger partial charge in [-0.15, -0.1) is 24.8 Å². The van der Waals surface area contributed by atoms with Crippen molar-refractivity contribution in [2.75, 3.05) is 26.2 Å². The van der Waals surface area contributed by atoms with Crippen LogP contribution in [0.2, 0.25) is 0 Å². The molecule has 0 N–H and O–H groups in total. The van der Waals surface area contributed by atoms with Gasteiger partial charge in [0, 0.05) is 38.2 Å². The third-order valence-electron chi connectivity index (χ3n) is 7.88. The number of carbonyl (C=O) groups is 1. The first-order chi connectivity index (χ1) is 17.1. The zero-order valence-electron chi connectivity index (χ0n) is 21.9. The number of Topliss-reactive ketones (excluding diaryl/α,β-unsaturated/α-hetero) is 1. The normalized spacial score (nSPS) is 16.7. The number of ketones is 1. The summed E-state index contributed by atoms with van der Waals surface area (Å²) in [4.78, 5) is 18.3. The van der Waals surface area contributed by atoms with Gasteiger partial charge < -0.3 is 0 Å². The Bertz CT molecular complexity index is 1130. The molecular weight excluding hydrogens is 499 g/mol. The van der Waals surface area contributed by atoms with Gasteiger partial charge in [-0.1, -0.05) is 72.3 Å². The number of hydrogen-bond acceptors (Lipinski definition) is 3. The van der Waals surface area contributed by atoms with Crippen LogP contribution in [0.5, 0.6) is 0 Å². The summed E-state index contributed by atoms with van der Waals surface area (Å²) in [5, 5.41) is 0. The Kier molecular flexibility index (Phi) is 11.2. The second kappa shape index (κ2) is 14.1. The quantitative estimate of drug-likeness (QED) is 0.305. The molecule has 0 radical (unpaired) electrons. The number of fused-ring (bicyclic) bond motifs is 1. The smallest absolute Gasteiger partial charge is 0.163 e. The lowest BCUT2D eigenvalue weighted by atomic mass is 9.88. The molecule has 3 aromatic rings. The van der Waals surface area contributed by atoms with Crippen LogP contribution >= 0.6 is 24.8 Å². The van der Waals surface area contributed by atoms with E-state index in [1.54, 1.807) is 0 Å². The third kappa shape index (κ3) is 8.15. The molecule has 0 saturated carbocycles. The van der Waals surface area contributed by atoms with Gasteiger partial charge in [-0.05, 0) is 79.9 Å². The van der Waals surface area contributed by atoms with Crippen LogP contribution < -0.4 is 0 Å². The second-order valence-corrected chi connectivity index (χ2v) is 10.6. The molecular formula is C32H40Cl2N2O. The fourth-order valence-corrected chi connectivity index (χ4v) is 5.63. The SMILES string of the molecule is Cc1ccc(CN2CCC(CC(=O)c3ccc4c(c3)CCN(Cc3ccccc3)CC4)CC2)cc1.Cl.Cl. The van der Waals surface area contributed by atoms with Crippen LogP contribution in [0.1, 0.15) is 57.4 Å². The third-order valence-corrected chi connectivity index (χ3v) is 7.88. The average Bonchev–Trinajstić information content (AvgIpc) is 3.09. The summed E-state index contributed by atoms with van der Waals surface area (Å²) in [6.45, 7) is 8.48. The first kappa shape index (κ1) is 29.4. The molecule has 198 valence electrons. The fraction of sp³-hybridized carbons (Fsp3) is 0.406. The van der Waals surface area contributed by atoms with Crippen molar-refractivity contribution in [3.63, 3.8) is 0 Å². The predicted molar refractivity (Wildman–Crippen MR) is 158 cm³/mol. The Morgan fingerprint density at radius 3 is 2.00 bits per heavy atom. The summed E-state index contributed by atoms with van der Waals surface area (Å²) < 4.78 is 0. The number of benzene rings is 3. The molecule has 0 amide bonds. The molecule has 0 bridgehead atoms. The molecule has 37 heavy (non-hydrogen) atoms. The molecule has 1 saturated heterocycles. The van der Waals surface area contributed by atoms with Crippen LogP contribution in [-0.2, 0) is 25.9 Å². The molecule has 0 aromatic heterocycles. The van der Waals surface area contributed by atoms with E-state index >= 15 is 0 Å². The summed E-state index contributed by atoms with van der Waals surface area (Å²) in [6, 6.07) is 26.1. The van der Waals surface area contributed by atoms with Gasteiger partial charge in [0.1, 0.15) is 0 Å². The molecule has 3 nitrogen and oxygen atoms in total. The van der Waals surface area contributed by atoms with Gasteiger partial charge in [-0.3, -0.25) is 14.6 Å². The molecule has 3 aromatic carbocycles. The summed E-state index contributed by atoms with van der Waals surface area (Å²) in [5.74, 6) is 0.840. The highest BCUT2D eigenvalue weighted by Crippen LogP contribution is 2.25. The fourth-order valence-electron chi connectivity index (χ4n) is 5.63. The average molecular weight is 540 g/mol. The van der Waals surface area contributed by atoms with E-state index in [4.69, 9.17) is 0 Å². The Hall–Kier alpha value is -2.17. The van der Waals surface area contributed by atoms with Crippen LogP contribution in [0.3, 0.4) is 0 Å². The lowest BCUT2D eigenvalue weighted by Gasteiger charge is -2.31. The number of piperidine rings is 1. The van der Waals surface area contributed by atoms with Crippen LogP contribution in [0.4, 0.5) is 0 Å². The highest BCUT2D eigenvalue weighted by molar-refractivity contribution is 5.96. The molecule has 0 unspecified atom stereocenters. The van der Waals surface area contributed by atoms with Gasteiger partial charge in [-0.2, -0.15) is 0 Å². The topological polar surface area (TPSA) is 23.6 Å². The monoisotopic (exact) mass is 538 g/mol. The molecule has 2 aliphatic heterocycles. The zero-order chi connectivity index (χ0) is 24.0. The van der Waals surface area contributed by atoms with E-state index < -0.39 is 0 Å². The van der Waals surface area contributed by atoms with Crippen molar-refractivity contribution in [3.05, 3.63) is 106 Å². The van der Waals surface area contributed by atoms with Gasteiger partial charge in [0.2, 0.25) is 0 Å². The zero-order valence-corrected chi connectivity index (χ0v) is 23.5. The maximum Gasteiger partial charge on any atom is 0.163 e. The Labute approximate surface area is 235 Å².